The van der Waals surface area contributed by atoms with Crippen molar-refractivity contribution in [1.82, 2.24) is 5.32 Å². The normalized spacial score (nSPS) is 26.9. The average molecular weight is 292 g/mol. The molecule has 2 aliphatic rings. The first-order valence-electron chi connectivity index (χ1n) is 5.93. The first kappa shape index (κ1) is 11.1. The minimum Gasteiger partial charge on any atom is -0.370 e. The molecule has 0 unspecified atom stereocenters. The fourth-order valence-corrected chi connectivity index (χ4v) is 3.29. The van der Waals surface area contributed by atoms with Crippen LogP contribution in [0.5, 0.6) is 0 Å². The van der Waals surface area contributed by atoms with E-state index in [0.29, 0.717) is 0 Å². The van der Waals surface area contributed by atoms with E-state index in [9.17, 15) is 5.26 Å². The van der Waals surface area contributed by atoms with Gasteiger partial charge in [-0.25, -0.2) is 0 Å². The molecule has 0 saturated carbocycles. The van der Waals surface area contributed by atoms with E-state index >= 15 is 0 Å². The van der Waals surface area contributed by atoms with Crippen LogP contribution in [0.1, 0.15) is 5.56 Å². The van der Waals surface area contributed by atoms with E-state index in [1.807, 2.05) is 12.1 Å². The highest BCUT2D eigenvalue weighted by molar-refractivity contribution is 9.10. The number of anilines is 1. The second-order valence-corrected chi connectivity index (χ2v) is 5.77. The van der Waals surface area contributed by atoms with Crippen molar-refractivity contribution in [2.24, 2.45) is 11.8 Å². The van der Waals surface area contributed by atoms with E-state index in [4.69, 9.17) is 0 Å². The third-order valence-corrected chi connectivity index (χ3v) is 4.30. The van der Waals surface area contributed by atoms with Gasteiger partial charge in [0, 0.05) is 30.7 Å². The van der Waals surface area contributed by atoms with Gasteiger partial charge in [-0.2, -0.15) is 5.26 Å². The van der Waals surface area contributed by atoms with E-state index in [1.54, 1.807) is 0 Å². The molecular formula is C13H14BrN3. The molecular weight excluding hydrogens is 278 g/mol. The topological polar surface area (TPSA) is 39.1 Å². The molecule has 3 rings (SSSR count). The van der Waals surface area contributed by atoms with Crippen molar-refractivity contribution in [2.75, 3.05) is 31.1 Å². The van der Waals surface area contributed by atoms with Gasteiger partial charge in [-0.3, -0.25) is 0 Å². The largest absolute Gasteiger partial charge is 0.370 e. The zero-order valence-electron chi connectivity index (χ0n) is 9.49. The van der Waals surface area contributed by atoms with Gasteiger partial charge in [0.2, 0.25) is 0 Å². The van der Waals surface area contributed by atoms with Gasteiger partial charge >= 0.3 is 0 Å². The number of nitrogens with one attached hydrogen (secondary N) is 1. The Kier molecular flexibility index (Phi) is 2.81. The molecule has 0 amide bonds. The molecule has 0 spiro atoms. The van der Waals surface area contributed by atoms with Crippen molar-refractivity contribution in [3.63, 3.8) is 0 Å². The molecule has 0 radical (unpaired) electrons. The fraction of sp³-hybridized carbons (Fsp3) is 0.462. The first-order valence-corrected chi connectivity index (χ1v) is 6.72. The van der Waals surface area contributed by atoms with E-state index in [2.05, 4.69) is 38.3 Å². The molecule has 3 nitrogen and oxygen atoms in total. The molecule has 1 N–H and O–H groups in total. The van der Waals surface area contributed by atoms with Crippen LogP contribution in [-0.4, -0.2) is 26.2 Å². The molecule has 2 atom stereocenters. The molecule has 2 heterocycles. The lowest BCUT2D eigenvalue weighted by atomic mass is 10.0. The lowest BCUT2D eigenvalue weighted by molar-refractivity contribution is 0.533. The summed E-state index contributed by atoms with van der Waals surface area (Å²) in [5.41, 5.74) is 1.86. The number of hydrogen-bond donors (Lipinski definition) is 1. The van der Waals surface area contributed by atoms with E-state index in [0.717, 1.165) is 53.7 Å². The van der Waals surface area contributed by atoms with Crippen molar-refractivity contribution in [3.8, 4) is 6.07 Å². The van der Waals surface area contributed by atoms with Crippen molar-refractivity contribution >= 4 is 21.6 Å². The molecule has 88 valence electrons. The van der Waals surface area contributed by atoms with Crippen molar-refractivity contribution in [2.45, 2.75) is 0 Å². The van der Waals surface area contributed by atoms with Gasteiger partial charge in [-0.1, -0.05) is 15.9 Å². The summed E-state index contributed by atoms with van der Waals surface area (Å²) in [5, 5.41) is 12.6. The summed E-state index contributed by atoms with van der Waals surface area (Å²) >= 11 is 3.41. The van der Waals surface area contributed by atoms with Crippen molar-refractivity contribution in [1.29, 1.82) is 5.26 Å². The maximum absolute atomic E-state index is 9.20. The number of benzene rings is 1. The van der Waals surface area contributed by atoms with Crippen LogP contribution in [0, 0.1) is 23.2 Å². The number of fused-ring (bicyclic) bond motifs is 1. The lowest BCUT2D eigenvalue weighted by Crippen LogP contribution is -2.26. The van der Waals surface area contributed by atoms with Gasteiger partial charge in [0.15, 0.2) is 0 Å². The molecule has 2 fully saturated rings. The van der Waals surface area contributed by atoms with E-state index in [1.165, 1.54) is 0 Å². The van der Waals surface area contributed by atoms with Crippen molar-refractivity contribution < 1.29 is 0 Å². The van der Waals surface area contributed by atoms with Crippen LogP contribution in [0.3, 0.4) is 0 Å². The maximum atomic E-state index is 9.20. The Bertz CT molecular complexity index is 468. The Balaban J connectivity index is 1.88. The summed E-state index contributed by atoms with van der Waals surface area (Å²) in [6.45, 7) is 4.40. The third-order valence-electron chi connectivity index (χ3n) is 3.81. The van der Waals surface area contributed by atoms with Crippen LogP contribution >= 0.6 is 15.9 Å². The molecule has 1 aromatic rings. The van der Waals surface area contributed by atoms with Crippen LogP contribution in [0.2, 0.25) is 0 Å². The van der Waals surface area contributed by atoms with Crippen LogP contribution in [0.15, 0.2) is 22.7 Å². The number of hydrogen-bond acceptors (Lipinski definition) is 3. The van der Waals surface area contributed by atoms with Crippen LogP contribution < -0.4 is 10.2 Å². The summed E-state index contributed by atoms with van der Waals surface area (Å²) in [7, 11) is 0. The van der Waals surface area contributed by atoms with E-state index < -0.39 is 0 Å². The highest BCUT2D eigenvalue weighted by Crippen LogP contribution is 2.33. The number of rotatable bonds is 1. The zero-order chi connectivity index (χ0) is 11.8. The highest BCUT2D eigenvalue weighted by Gasteiger charge is 2.36. The highest BCUT2D eigenvalue weighted by atomic mass is 79.9. The van der Waals surface area contributed by atoms with Gasteiger partial charge in [-0.15, -0.1) is 0 Å². The minimum absolute atomic E-state index is 0.755. The van der Waals surface area contributed by atoms with Gasteiger partial charge in [0.05, 0.1) is 11.3 Å². The quantitative estimate of drug-likeness (QED) is 0.860. The molecule has 1 aromatic carbocycles. The number of halogens is 1. The van der Waals surface area contributed by atoms with Gasteiger partial charge in [0.25, 0.3) is 0 Å². The summed E-state index contributed by atoms with van der Waals surface area (Å²) in [4.78, 5) is 2.36. The van der Waals surface area contributed by atoms with Crippen molar-refractivity contribution in [3.05, 3.63) is 28.2 Å². The van der Waals surface area contributed by atoms with E-state index in [-0.39, 0.29) is 0 Å². The van der Waals surface area contributed by atoms with Gasteiger partial charge < -0.3 is 10.2 Å². The summed E-state index contributed by atoms with van der Waals surface area (Å²) in [5.74, 6) is 1.51. The molecule has 0 aromatic heterocycles. The Morgan fingerprint density at radius 1 is 1.29 bits per heavy atom. The summed E-state index contributed by atoms with van der Waals surface area (Å²) in [6, 6.07) is 8.27. The molecule has 0 bridgehead atoms. The molecule has 4 heteroatoms. The molecule has 2 saturated heterocycles. The Labute approximate surface area is 110 Å². The predicted octanol–water partition coefficient (Wildman–Crippen LogP) is 1.98. The smallest absolute Gasteiger partial charge is 0.101 e. The Hall–Kier alpha value is -1.05. The standard InChI is InChI=1S/C13H14BrN3/c14-12-1-2-13(9(3-12)4-15)17-7-10-5-16-6-11(10)8-17/h1-3,10-11,16H,5-8H2/t10-,11+. The summed E-state index contributed by atoms with van der Waals surface area (Å²) in [6.07, 6.45) is 0. The SMILES string of the molecule is N#Cc1cc(Br)ccc1N1C[C@H]2CNC[C@H]2C1. The molecule has 0 aliphatic carbocycles. The average Bonchev–Trinajstić information content (AvgIpc) is 2.89. The van der Waals surface area contributed by atoms with Crippen LogP contribution in [0.4, 0.5) is 5.69 Å². The Morgan fingerprint density at radius 2 is 2.00 bits per heavy atom. The fourth-order valence-electron chi connectivity index (χ4n) is 2.93. The minimum atomic E-state index is 0.755. The van der Waals surface area contributed by atoms with Crippen LogP contribution in [0.25, 0.3) is 0 Å². The first-order chi connectivity index (χ1) is 8.28. The zero-order valence-corrected chi connectivity index (χ0v) is 11.1. The van der Waals surface area contributed by atoms with Gasteiger partial charge in [0.1, 0.15) is 6.07 Å². The second-order valence-electron chi connectivity index (χ2n) is 4.86. The predicted molar refractivity (Wildman–Crippen MR) is 70.9 cm³/mol. The van der Waals surface area contributed by atoms with Gasteiger partial charge in [-0.05, 0) is 30.0 Å². The van der Waals surface area contributed by atoms with Crippen LogP contribution in [-0.2, 0) is 0 Å². The third kappa shape index (κ3) is 1.94. The molecule has 2 aliphatic heterocycles. The summed E-state index contributed by atoms with van der Waals surface area (Å²) < 4.78 is 0.971. The maximum Gasteiger partial charge on any atom is 0.101 e. The number of nitrogens with zero attached hydrogens (tertiary/aromatic N) is 2. The second kappa shape index (κ2) is 4.32. The number of nitriles is 1. The Morgan fingerprint density at radius 3 is 2.65 bits per heavy atom. The molecule has 17 heavy (non-hydrogen) atoms. The monoisotopic (exact) mass is 291 g/mol. The lowest BCUT2D eigenvalue weighted by Gasteiger charge is -2.21.